The molecule has 5 N–H and O–H groups in total. The minimum Gasteiger partial charge on any atom is -0.481 e. The number of hydrogen-bond acceptors (Lipinski definition) is 4. The van der Waals surface area contributed by atoms with E-state index >= 15 is 0 Å². The van der Waals surface area contributed by atoms with E-state index in [4.69, 9.17) is 5.73 Å². The van der Waals surface area contributed by atoms with Gasteiger partial charge in [0, 0.05) is 18.5 Å². The van der Waals surface area contributed by atoms with E-state index in [-0.39, 0.29) is 12.8 Å². The Kier molecular flexibility index (Phi) is 11.9. The van der Waals surface area contributed by atoms with E-state index in [0.717, 1.165) is 72.3 Å². The number of carboxylic acid groups (broad SMARTS) is 2. The van der Waals surface area contributed by atoms with E-state index < -0.39 is 23.8 Å². The van der Waals surface area contributed by atoms with Crippen molar-refractivity contribution in [3.05, 3.63) is 95.6 Å². The van der Waals surface area contributed by atoms with Crippen molar-refractivity contribution in [2.45, 2.75) is 32.2 Å². The summed E-state index contributed by atoms with van der Waals surface area (Å²) in [5.74, 6) is -4.21. The zero-order valence-electron chi connectivity index (χ0n) is 23.8. The highest BCUT2D eigenvalue weighted by Crippen LogP contribution is 2.26. The summed E-state index contributed by atoms with van der Waals surface area (Å²) < 4.78 is 0.916. The monoisotopic (exact) mass is 546 g/mol. The molecule has 0 radical (unpaired) electrons. The molecule has 3 aromatic carbocycles. The molecule has 0 saturated heterocycles. The first-order valence-electron chi connectivity index (χ1n) is 14.1. The van der Waals surface area contributed by atoms with Crippen LogP contribution >= 0.6 is 0 Å². The molecule has 7 heteroatoms. The van der Waals surface area contributed by atoms with Crippen LogP contribution in [0.5, 0.6) is 0 Å². The van der Waals surface area contributed by atoms with E-state index in [1.165, 1.54) is 5.56 Å². The molecule has 0 fully saturated rings. The predicted molar refractivity (Wildman–Crippen MR) is 160 cm³/mol. The Morgan fingerprint density at radius 2 is 1.20 bits per heavy atom. The molecule has 0 aromatic heterocycles. The molecular weight excluding hydrogens is 502 g/mol. The first-order valence-corrected chi connectivity index (χ1v) is 14.1. The van der Waals surface area contributed by atoms with Gasteiger partial charge in [-0.1, -0.05) is 78.9 Å². The number of carbonyl (C=O) groups is 2. The molecule has 0 heterocycles. The average molecular weight is 547 g/mol. The van der Waals surface area contributed by atoms with Gasteiger partial charge in [0.25, 0.3) is 0 Å². The van der Waals surface area contributed by atoms with Crippen molar-refractivity contribution in [2.75, 3.05) is 40.3 Å². The average Bonchev–Trinajstić information content (AvgIpc) is 2.93. The maximum absolute atomic E-state index is 12.1. The third-order valence-corrected chi connectivity index (χ3v) is 7.40. The maximum Gasteiger partial charge on any atom is 0.307 e. The van der Waals surface area contributed by atoms with Gasteiger partial charge in [-0.25, -0.2) is 0 Å². The molecule has 0 bridgehead atoms. The Morgan fingerprint density at radius 3 is 1.70 bits per heavy atom. The van der Waals surface area contributed by atoms with Gasteiger partial charge >= 0.3 is 11.9 Å². The molecule has 0 spiro atoms. The van der Waals surface area contributed by atoms with Crippen LogP contribution in [0.2, 0.25) is 0 Å². The van der Waals surface area contributed by atoms with Gasteiger partial charge in [-0.2, -0.15) is 0 Å². The number of nitrogens with zero attached hydrogens (tertiary/aromatic N) is 1. The summed E-state index contributed by atoms with van der Waals surface area (Å²) in [6.07, 6.45) is 2.47. The van der Waals surface area contributed by atoms with Crippen molar-refractivity contribution in [2.24, 2.45) is 17.6 Å². The molecule has 2 unspecified atom stereocenters. The quantitative estimate of drug-likeness (QED) is 0.147. The zero-order chi connectivity index (χ0) is 29.0. The van der Waals surface area contributed by atoms with E-state index in [1.807, 2.05) is 54.6 Å². The molecule has 0 saturated carbocycles. The molecule has 40 heavy (non-hydrogen) atoms. The van der Waals surface area contributed by atoms with Crippen LogP contribution in [-0.4, -0.2) is 66.9 Å². The van der Waals surface area contributed by atoms with Crippen LogP contribution < -0.4 is 11.1 Å². The molecule has 3 aromatic rings. The smallest absolute Gasteiger partial charge is 0.307 e. The highest BCUT2D eigenvalue weighted by atomic mass is 16.4. The Labute approximate surface area is 238 Å². The highest BCUT2D eigenvalue weighted by molar-refractivity contribution is 5.80. The fourth-order valence-electron chi connectivity index (χ4n) is 5.12. The summed E-state index contributed by atoms with van der Waals surface area (Å²) in [5.41, 5.74) is 10.6. The molecule has 0 aliphatic carbocycles. The molecule has 2 atom stereocenters. The maximum atomic E-state index is 12.1. The molecule has 3 rings (SSSR count). The summed E-state index contributed by atoms with van der Waals surface area (Å²) in [6.45, 7) is 4.75. The van der Waals surface area contributed by atoms with E-state index in [0.29, 0.717) is 0 Å². The summed E-state index contributed by atoms with van der Waals surface area (Å²) in [7, 11) is 4.51. The van der Waals surface area contributed by atoms with Crippen molar-refractivity contribution in [1.82, 2.24) is 5.32 Å². The van der Waals surface area contributed by atoms with Crippen LogP contribution in [0.4, 0.5) is 0 Å². The van der Waals surface area contributed by atoms with E-state index in [9.17, 15) is 19.8 Å². The number of aliphatic carboxylic acids is 2. The second-order valence-corrected chi connectivity index (χ2v) is 11.2. The lowest BCUT2D eigenvalue weighted by molar-refractivity contribution is -0.903. The lowest BCUT2D eigenvalue weighted by Crippen LogP contribution is -2.40. The number of carboxylic acids is 2. The molecule has 214 valence electrons. The Morgan fingerprint density at radius 1 is 0.725 bits per heavy atom. The molecular formula is C33H44N3O4+. The molecule has 0 aliphatic rings. The highest BCUT2D eigenvalue weighted by Gasteiger charge is 2.34. The largest absolute Gasteiger partial charge is 0.481 e. The van der Waals surface area contributed by atoms with Crippen LogP contribution in [-0.2, 0) is 29.0 Å². The lowest BCUT2D eigenvalue weighted by Gasteiger charge is -2.30. The lowest BCUT2D eigenvalue weighted by atomic mass is 9.82. The van der Waals surface area contributed by atoms with Gasteiger partial charge in [0.05, 0.1) is 32.5 Å². The standard InChI is InChI=1S/C33H43N3O4/c1-36(2,21-7-20-35-19-6-18-34)24-27-12-16-29(17-13-27)28-14-10-26(11-15-28)23-31(33(39)40)30(32(37)38)22-25-8-4-3-5-9-25/h3-5,8-17,30-31,35H,6-7,18-24,34H2,1-2H3,(H-,37,38,39,40)/p+1. The van der Waals surface area contributed by atoms with Gasteiger partial charge in [0.1, 0.15) is 6.54 Å². The van der Waals surface area contributed by atoms with Crippen LogP contribution in [0.1, 0.15) is 29.5 Å². The molecule has 7 nitrogen and oxygen atoms in total. The van der Waals surface area contributed by atoms with Crippen molar-refractivity contribution < 1.29 is 24.3 Å². The Bertz CT molecular complexity index is 1190. The van der Waals surface area contributed by atoms with Crippen molar-refractivity contribution in [3.63, 3.8) is 0 Å². The summed E-state index contributed by atoms with van der Waals surface area (Å²) in [5, 5.41) is 23.2. The van der Waals surface area contributed by atoms with Crippen LogP contribution in [0.3, 0.4) is 0 Å². The summed E-state index contributed by atoms with van der Waals surface area (Å²) in [6, 6.07) is 25.5. The molecule has 0 amide bonds. The van der Waals surface area contributed by atoms with Crippen LogP contribution in [0.25, 0.3) is 11.1 Å². The van der Waals surface area contributed by atoms with Gasteiger partial charge in [-0.05, 0) is 54.6 Å². The topological polar surface area (TPSA) is 113 Å². The first kappa shape index (κ1) is 31.0. The van der Waals surface area contributed by atoms with E-state index in [1.54, 1.807) is 0 Å². The third-order valence-electron chi connectivity index (χ3n) is 7.40. The van der Waals surface area contributed by atoms with Gasteiger partial charge in [-0.15, -0.1) is 0 Å². The fourth-order valence-corrected chi connectivity index (χ4v) is 5.12. The Hall–Kier alpha value is -3.52. The normalized spacial score (nSPS) is 13.1. The fraction of sp³-hybridized carbons (Fsp3) is 0.394. The minimum atomic E-state index is -1.09. The Balaban J connectivity index is 1.60. The SMILES string of the molecule is C[N+](C)(CCCNCCCN)Cc1ccc(-c2ccc(CC(C(=O)O)C(Cc3ccccc3)C(=O)O)cc2)cc1. The molecule has 0 aliphatic heterocycles. The second-order valence-electron chi connectivity index (χ2n) is 11.2. The van der Waals surface area contributed by atoms with Crippen molar-refractivity contribution >= 4 is 11.9 Å². The number of rotatable bonds is 17. The number of quaternary nitrogens is 1. The number of benzene rings is 3. The van der Waals surface area contributed by atoms with Gasteiger partial charge in [-0.3, -0.25) is 9.59 Å². The van der Waals surface area contributed by atoms with Crippen molar-refractivity contribution in [3.8, 4) is 11.1 Å². The van der Waals surface area contributed by atoms with Gasteiger partial charge in [0.2, 0.25) is 0 Å². The van der Waals surface area contributed by atoms with Crippen molar-refractivity contribution in [1.29, 1.82) is 0 Å². The minimum absolute atomic E-state index is 0.161. The van der Waals surface area contributed by atoms with E-state index in [2.05, 4.69) is 43.7 Å². The van der Waals surface area contributed by atoms with Gasteiger partial charge < -0.3 is 25.7 Å². The number of nitrogens with one attached hydrogen (secondary N) is 1. The first-order chi connectivity index (χ1) is 19.2. The number of nitrogens with two attached hydrogens (primary N) is 1. The van der Waals surface area contributed by atoms with Crippen LogP contribution in [0.15, 0.2) is 78.9 Å². The van der Waals surface area contributed by atoms with Gasteiger partial charge in [0.15, 0.2) is 0 Å². The van der Waals surface area contributed by atoms with Crippen LogP contribution in [0, 0.1) is 11.8 Å². The second kappa shape index (κ2) is 15.3. The summed E-state index contributed by atoms with van der Waals surface area (Å²) >= 11 is 0. The predicted octanol–water partition coefficient (Wildman–Crippen LogP) is 4.45. The zero-order valence-corrected chi connectivity index (χ0v) is 23.8. The number of hydrogen-bond donors (Lipinski definition) is 4. The summed E-state index contributed by atoms with van der Waals surface area (Å²) in [4.78, 5) is 24.1. The third kappa shape index (κ3) is 9.90.